The van der Waals surface area contributed by atoms with Crippen molar-refractivity contribution < 1.29 is 0 Å². The first-order valence-corrected chi connectivity index (χ1v) is 8.56. The van der Waals surface area contributed by atoms with Crippen molar-refractivity contribution in [1.82, 2.24) is 10.2 Å². The second kappa shape index (κ2) is 10.3. The lowest BCUT2D eigenvalue weighted by Gasteiger charge is -2.30. The third kappa shape index (κ3) is 5.98. The fourth-order valence-electron chi connectivity index (χ4n) is 2.32. The number of hydrogen-bond acceptors (Lipinski definition) is 3. The van der Waals surface area contributed by atoms with E-state index in [-0.39, 0.29) is 0 Å². The van der Waals surface area contributed by atoms with Crippen molar-refractivity contribution in [3.8, 4) is 0 Å². The van der Waals surface area contributed by atoms with Gasteiger partial charge in [0, 0.05) is 24.9 Å². The van der Waals surface area contributed by atoms with Crippen LogP contribution in [0.5, 0.6) is 0 Å². The lowest BCUT2D eigenvalue weighted by molar-refractivity contribution is 0.214. The minimum Gasteiger partial charge on any atom is -0.314 e. The second-order valence-corrected chi connectivity index (χ2v) is 5.94. The third-order valence-corrected chi connectivity index (χ3v) is 4.30. The van der Waals surface area contributed by atoms with Crippen LogP contribution < -0.4 is 5.32 Å². The van der Waals surface area contributed by atoms with Crippen LogP contribution in [-0.2, 0) is 0 Å². The van der Waals surface area contributed by atoms with E-state index >= 15 is 0 Å². The molecule has 0 amide bonds. The lowest BCUT2D eigenvalue weighted by Crippen LogP contribution is -2.36. The molecule has 108 valence electrons. The fraction of sp³-hybridized carbons (Fsp3) is 0.625. The van der Waals surface area contributed by atoms with Gasteiger partial charge in [0.1, 0.15) is 0 Å². The molecule has 0 aromatic heterocycles. The van der Waals surface area contributed by atoms with Crippen LogP contribution in [0.15, 0.2) is 30.3 Å². The Balaban J connectivity index is 2.55. The van der Waals surface area contributed by atoms with Gasteiger partial charge in [0.05, 0.1) is 0 Å². The van der Waals surface area contributed by atoms with Gasteiger partial charge in [0.15, 0.2) is 0 Å². The molecule has 1 atom stereocenters. The predicted octanol–water partition coefficient (Wildman–Crippen LogP) is 3.41. The summed E-state index contributed by atoms with van der Waals surface area (Å²) in [4.78, 5) is 2.52. The van der Waals surface area contributed by atoms with E-state index in [0.29, 0.717) is 6.04 Å². The Morgan fingerprint density at radius 1 is 1.11 bits per heavy atom. The highest BCUT2D eigenvalue weighted by atomic mass is 32.2. The molecule has 1 unspecified atom stereocenters. The summed E-state index contributed by atoms with van der Waals surface area (Å²) in [6.45, 7) is 11.0. The van der Waals surface area contributed by atoms with Crippen LogP contribution >= 0.6 is 11.8 Å². The van der Waals surface area contributed by atoms with E-state index in [9.17, 15) is 0 Å². The molecule has 1 N–H and O–H groups in total. The second-order valence-electron chi connectivity index (χ2n) is 4.55. The molecule has 0 radical (unpaired) electrons. The van der Waals surface area contributed by atoms with Crippen LogP contribution in [0.3, 0.4) is 0 Å². The van der Waals surface area contributed by atoms with Gasteiger partial charge in [-0.2, -0.15) is 11.8 Å². The SMILES string of the molecule is CCSCCNCC(c1ccccc1)N(CC)CC. The minimum atomic E-state index is 0.489. The van der Waals surface area contributed by atoms with E-state index < -0.39 is 0 Å². The van der Waals surface area contributed by atoms with Crippen molar-refractivity contribution in [2.24, 2.45) is 0 Å². The first kappa shape index (κ1) is 16.5. The zero-order valence-corrected chi connectivity index (χ0v) is 13.4. The van der Waals surface area contributed by atoms with Crippen molar-refractivity contribution in [1.29, 1.82) is 0 Å². The van der Waals surface area contributed by atoms with Crippen molar-refractivity contribution in [2.75, 3.05) is 37.7 Å². The number of nitrogens with zero attached hydrogens (tertiary/aromatic N) is 1. The summed E-state index contributed by atoms with van der Waals surface area (Å²) in [5.41, 5.74) is 1.42. The van der Waals surface area contributed by atoms with E-state index in [2.05, 4.69) is 61.3 Å². The first-order chi connectivity index (χ1) is 9.33. The summed E-state index contributed by atoms with van der Waals surface area (Å²) < 4.78 is 0. The summed E-state index contributed by atoms with van der Waals surface area (Å²) in [6.07, 6.45) is 0. The number of benzene rings is 1. The number of nitrogens with one attached hydrogen (secondary N) is 1. The molecule has 0 bridgehead atoms. The highest BCUT2D eigenvalue weighted by molar-refractivity contribution is 7.99. The quantitative estimate of drug-likeness (QED) is 0.661. The fourth-order valence-corrected chi connectivity index (χ4v) is 2.90. The molecule has 0 spiro atoms. The van der Waals surface area contributed by atoms with Gasteiger partial charge in [-0.05, 0) is 24.4 Å². The van der Waals surface area contributed by atoms with Crippen LogP contribution in [-0.4, -0.2) is 42.6 Å². The summed E-state index contributed by atoms with van der Waals surface area (Å²) >= 11 is 2.00. The Morgan fingerprint density at radius 3 is 2.37 bits per heavy atom. The zero-order valence-electron chi connectivity index (χ0n) is 12.6. The van der Waals surface area contributed by atoms with Crippen molar-refractivity contribution in [2.45, 2.75) is 26.8 Å². The van der Waals surface area contributed by atoms with Gasteiger partial charge in [-0.1, -0.05) is 51.1 Å². The summed E-state index contributed by atoms with van der Waals surface area (Å²) in [7, 11) is 0. The minimum absolute atomic E-state index is 0.489. The van der Waals surface area contributed by atoms with Crippen molar-refractivity contribution in [3.05, 3.63) is 35.9 Å². The third-order valence-electron chi connectivity index (χ3n) is 3.40. The van der Waals surface area contributed by atoms with Crippen molar-refractivity contribution >= 4 is 11.8 Å². The Labute approximate surface area is 123 Å². The summed E-state index contributed by atoms with van der Waals surface area (Å²) in [5, 5.41) is 3.61. The molecule has 3 heteroatoms. The average Bonchev–Trinajstić information content (AvgIpc) is 2.47. The Kier molecular flexibility index (Phi) is 8.97. The number of thioether (sulfide) groups is 1. The summed E-state index contributed by atoms with van der Waals surface area (Å²) in [6, 6.07) is 11.3. The lowest BCUT2D eigenvalue weighted by atomic mass is 10.1. The molecule has 0 aliphatic carbocycles. The maximum atomic E-state index is 3.61. The number of rotatable bonds is 10. The van der Waals surface area contributed by atoms with Crippen LogP contribution in [0.2, 0.25) is 0 Å². The molecule has 0 aliphatic heterocycles. The molecule has 1 rings (SSSR count). The maximum Gasteiger partial charge on any atom is 0.0472 e. The topological polar surface area (TPSA) is 15.3 Å². The number of hydrogen-bond donors (Lipinski definition) is 1. The van der Waals surface area contributed by atoms with Crippen molar-refractivity contribution in [3.63, 3.8) is 0 Å². The average molecular weight is 280 g/mol. The number of likely N-dealkylation sites (N-methyl/N-ethyl adjacent to an activating group) is 1. The highest BCUT2D eigenvalue weighted by Gasteiger charge is 2.16. The van der Waals surface area contributed by atoms with Gasteiger partial charge >= 0.3 is 0 Å². The molecule has 0 saturated heterocycles. The summed E-state index contributed by atoms with van der Waals surface area (Å²) in [5.74, 6) is 2.41. The van der Waals surface area contributed by atoms with E-state index in [1.54, 1.807) is 0 Å². The first-order valence-electron chi connectivity index (χ1n) is 7.40. The smallest absolute Gasteiger partial charge is 0.0472 e. The predicted molar refractivity (Wildman–Crippen MR) is 88.0 cm³/mol. The molecular weight excluding hydrogens is 252 g/mol. The molecule has 0 fully saturated rings. The monoisotopic (exact) mass is 280 g/mol. The normalized spacial score (nSPS) is 12.8. The van der Waals surface area contributed by atoms with E-state index in [4.69, 9.17) is 0 Å². The van der Waals surface area contributed by atoms with Gasteiger partial charge in [0.25, 0.3) is 0 Å². The Bertz CT molecular complexity index is 312. The van der Waals surface area contributed by atoms with Crippen LogP contribution in [0.4, 0.5) is 0 Å². The van der Waals surface area contributed by atoms with E-state index in [0.717, 1.165) is 26.2 Å². The zero-order chi connectivity index (χ0) is 13.9. The van der Waals surface area contributed by atoms with E-state index in [1.165, 1.54) is 17.1 Å². The molecular formula is C16H28N2S. The van der Waals surface area contributed by atoms with Gasteiger partial charge in [-0.25, -0.2) is 0 Å². The van der Waals surface area contributed by atoms with Gasteiger partial charge in [0.2, 0.25) is 0 Å². The maximum absolute atomic E-state index is 3.61. The van der Waals surface area contributed by atoms with Crippen LogP contribution in [0, 0.1) is 0 Å². The van der Waals surface area contributed by atoms with Crippen LogP contribution in [0.1, 0.15) is 32.4 Å². The molecule has 1 aromatic rings. The molecule has 0 heterocycles. The molecule has 2 nitrogen and oxygen atoms in total. The molecule has 1 aromatic carbocycles. The molecule has 0 saturated carbocycles. The van der Waals surface area contributed by atoms with Crippen LogP contribution in [0.25, 0.3) is 0 Å². The van der Waals surface area contributed by atoms with Gasteiger partial charge in [-0.3, -0.25) is 4.90 Å². The Hall–Kier alpha value is -0.510. The van der Waals surface area contributed by atoms with E-state index in [1.807, 2.05) is 11.8 Å². The standard InChI is InChI=1S/C16H28N2S/c1-4-18(5-2)16(14-17-12-13-19-6-3)15-10-8-7-9-11-15/h7-11,16-17H,4-6,12-14H2,1-3H3. The highest BCUT2D eigenvalue weighted by Crippen LogP contribution is 2.19. The molecule has 0 aliphatic rings. The Morgan fingerprint density at radius 2 is 1.79 bits per heavy atom. The molecule has 19 heavy (non-hydrogen) atoms. The van der Waals surface area contributed by atoms with Gasteiger partial charge < -0.3 is 5.32 Å². The largest absolute Gasteiger partial charge is 0.314 e. The van der Waals surface area contributed by atoms with Gasteiger partial charge in [-0.15, -0.1) is 0 Å².